The van der Waals surface area contributed by atoms with Crippen molar-refractivity contribution >= 4 is 11.9 Å². The molecule has 8 fully saturated rings. The van der Waals surface area contributed by atoms with Crippen LogP contribution >= 0.6 is 0 Å². The van der Waals surface area contributed by atoms with Crippen LogP contribution in [0.5, 0.6) is 0 Å². The minimum Gasteiger partial charge on any atom is -0.396 e. The van der Waals surface area contributed by atoms with E-state index in [-0.39, 0.29) is 28.7 Å². The third-order valence-electron chi connectivity index (χ3n) is 17.9. The molecule has 8 aliphatic carbocycles. The summed E-state index contributed by atoms with van der Waals surface area (Å²) in [5, 5.41) is 10.1. The second kappa shape index (κ2) is 9.82. The summed E-state index contributed by atoms with van der Waals surface area (Å²) in [6.07, 6.45) is 21.5. The molecule has 4 nitrogen and oxygen atoms in total. The highest BCUT2D eigenvalue weighted by atomic mass is 16.6. The van der Waals surface area contributed by atoms with Crippen LogP contribution in [0.3, 0.4) is 0 Å². The summed E-state index contributed by atoms with van der Waals surface area (Å²) in [6.45, 7) is 12.7. The van der Waals surface area contributed by atoms with Gasteiger partial charge in [0.1, 0.15) is 0 Å². The topological polar surface area (TPSA) is 63.6 Å². The molecule has 0 aromatic heterocycles. The maximum atomic E-state index is 14.3. The monoisotopic (exact) mass is 606 g/mol. The van der Waals surface area contributed by atoms with Crippen molar-refractivity contribution in [3.8, 4) is 0 Å². The smallest absolute Gasteiger partial charge is 0.319 e. The van der Waals surface area contributed by atoms with E-state index in [2.05, 4.69) is 34.6 Å². The molecule has 0 heterocycles. The van der Waals surface area contributed by atoms with Crippen LogP contribution in [0, 0.1) is 79.8 Å². The number of hydrogen-bond acceptors (Lipinski definition) is 4. The largest absolute Gasteiger partial charge is 0.396 e. The van der Waals surface area contributed by atoms with Crippen molar-refractivity contribution in [1.82, 2.24) is 0 Å². The van der Waals surface area contributed by atoms with E-state index in [1.165, 1.54) is 83.5 Å². The Bertz CT molecular complexity index is 1210. The maximum absolute atomic E-state index is 14.3. The maximum Gasteiger partial charge on any atom is 0.319 e. The molecule has 0 aromatic rings. The molecule has 0 amide bonds. The summed E-state index contributed by atoms with van der Waals surface area (Å²) in [6, 6.07) is 0. The molecule has 0 aromatic carbocycles. The van der Waals surface area contributed by atoms with Crippen molar-refractivity contribution in [1.29, 1.82) is 0 Å². The lowest BCUT2D eigenvalue weighted by atomic mass is 9.41. The summed E-state index contributed by atoms with van der Waals surface area (Å²) >= 11 is 0. The van der Waals surface area contributed by atoms with Crippen LogP contribution in [0.4, 0.5) is 0 Å². The van der Waals surface area contributed by atoms with Gasteiger partial charge in [-0.15, -0.1) is 0 Å². The molecule has 0 aliphatic heterocycles. The minimum absolute atomic E-state index is 0.0851. The van der Waals surface area contributed by atoms with E-state index >= 15 is 0 Å². The molecule has 4 heteroatoms. The zero-order valence-electron chi connectivity index (χ0n) is 28.7. The Morgan fingerprint density at radius 2 is 1.23 bits per heavy atom. The molecule has 8 aliphatic rings. The summed E-state index contributed by atoms with van der Waals surface area (Å²) in [7, 11) is 0. The number of ether oxygens (including phenoxy) is 1. The number of esters is 2. The van der Waals surface area contributed by atoms with Gasteiger partial charge in [-0.05, 0) is 178 Å². The van der Waals surface area contributed by atoms with Crippen LogP contribution in [0.1, 0.15) is 150 Å². The lowest BCUT2D eigenvalue weighted by Crippen LogP contribution is -2.58. The van der Waals surface area contributed by atoms with Crippen LogP contribution in [0.15, 0.2) is 0 Å². The van der Waals surface area contributed by atoms with Gasteiger partial charge in [-0.25, -0.2) is 0 Å². The molecule has 4 bridgehead atoms. The molecular weight excluding hydrogens is 544 g/mol. The fourth-order valence-electron chi connectivity index (χ4n) is 16.4. The summed E-state index contributed by atoms with van der Waals surface area (Å²) in [4.78, 5) is 28.4. The highest BCUT2D eigenvalue weighted by Gasteiger charge is 2.68. The molecule has 8 saturated carbocycles. The van der Waals surface area contributed by atoms with E-state index in [9.17, 15) is 14.7 Å². The number of hydrogen-bond donors (Lipinski definition) is 1. The zero-order valence-corrected chi connectivity index (χ0v) is 28.7. The van der Waals surface area contributed by atoms with E-state index in [1.807, 2.05) is 0 Å². The average molecular weight is 607 g/mol. The van der Waals surface area contributed by atoms with Crippen LogP contribution in [-0.2, 0) is 14.3 Å². The van der Waals surface area contributed by atoms with Gasteiger partial charge in [0, 0.05) is 6.61 Å². The molecule has 246 valence electrons. The van der Waals surface area contributed by atoms with E-state index in [1.54, 1.807) is 0 Å². The first-order valence-corrected chi connectivity index (χ1v) is 19.2. The predicted molar refractivity (Wildman–Crippen MR) is 172 cm³/mol. The number of aliphatic hydroxyl groups is 1. The number of carbonyl (C=O) groups excluding carboxylic acids is 2. The van der Waals surface area contributed by atoms with E-state index in [0.29, 0.717) is 52.4 Å². The van der Waals surface area contributed by atoms with Crippen molar-refractivity contribution in [2.75, 3.05) is 6.61 Å². The fourth-order valence-corrected chi connectivity index (χ4v) is 16.4. The Hall–Kier alpha value is -0.900. The number of carbonyl (C=O) groups is 2. The quantitative estimate of drug-likeness (QED) is 0.257. The van der Waals surface area contributed by atoms with Gasteiger partial charge in [0.2, 0.25) is 0 Å². The average Bonchev–Trinajstić information content (AvgIpc) is 3.39. The first kappa shape index (κ1) is 30.4. The summed E-state index contributed by atoms with van der Waals surface area (Å²) in [5.74, 6) is 3.58. The van der Waals surface area contributed by atoms with E-state index in [0.717, 1.165) is 43.9 Å². The molecule has 2 spiro atoms. The third-order valence-corrected chi connectivity index (χ3v) is 17.9. The number of rotatable bonds is 3. The van der Waals surface area contributed by atoms with Gasteiger partial charge < -0.3 is 9.84 Å². The van der Waals surface area contributed by atoms with Crippen LogP contribution < -0.4 is 0 Å². The van der Waals surface area contributed by atoms with Gasteiger partial charge in [0.05, 0.1) is 11.3 Å². The number of fused-ring (bicyclic) bond motifs is 6. The lowest BCUT2D eigenvalue weighted by Gasteiger charge is -2.64. The van der Waals surface area contributed by atoms with Crippen LogP contribution in [0.25, 0.3) is 0 Å². The normalized spacial score (nSPS) is 55.2. The van der Waals surface area contributed by atoms with E-state index < -0.39 is 5.41 Å². The first-order valence-electron chi connectivity index (χ1n) is 19.2. The molecule has 8 rings (SSSR count). The van der Waals surface area contributed by atoms with Crippen molar-refractivity contribution in [3.63, 3.8) is 0 Å². The third kappa shape index (κ3) is 3.97. The van der Waals surface area contributed by atoms with Gasteiger partial charge in [-0.2, -0.15) is 0 Å². The molecule has 0 unspecified atom stereocenters. The van der Waals surface area contributed by atoms with Gasteiger partial charge in [0.15, 0.2) is 0 Å². The van der Waals surface area contributed by atoms with Crippen molar-refractivity contribution in [2.45, 2.75) is 150 Å². The fraction of sp³-hybridized carbons (Fsp3) is 0.950. The lowest BCUT2D eigenvalue weighted by molar-refractivity contribution is -0.191. The second-order valence-corrected chi connectivity index (χ2v) is 19.9. The summed E-state index contributed by atoms with van der Waals surface area (Å²) in [5.41, 5.74) is 1.03. The second-order valence-electron chi connectivity index (χ2n) is 19.9. The van der Waals surface area contributed by atoms with Gasteiger partial charge >= 0.3 is 11.9 Å². The Labute approximate surface area is 267 Å². The van der Waals surface area contributed by atoms with Gasteiger partial charge in [-0.1, -0.05) is 40.5 Å². The molecule has 0 radical (unpaired) electrons. The minimum atomic E-state index is -0.566. The predicted octanol–water partition coefficient (Wildman–Crippen LogP) is 9.13. The van der Waals surface area contributed by atoms with E-state index in [4.69, 9.17) is 4.74 Å². The molecule has 1 N–H and O–H groups in total. The standard InChI is InChI=1S/C40H62O4/c1-35(2)14-6-15-36(3)29(35)12-18-40-21-26(9-11-31(36)40)28(23-40)33(42)44-34(43)38(5)17-7-16-37(4)30(38)13-19-39-20-25(8-10-32(37)39)27(22-39)24-41/h25-32,41H,6-24H2,1-5H3/t25-,26-,27-,28+,29-,30+,31+,32+,36-,37-,38+,39+,40+/m1/s1. The summed E-state index contributed by atoms with van der Waals surface area (Å²) < 4.78 is 6.14. The Morgan fingerprint density at radius 1 is 0.636 bits per heavy atom. The SMILES string of the molecule is CC1(C)CCC[C@]2(C)[C@@H]1CC[C@@]13C[C@@H](CC[C@H]12)[C@@H](C(=O)OC(=O)[C@@]1(C)CCC[C@@]2(C)[C@@H]4CC[C@@H]5C[C@@]4(CC[C@@H]21)C[C@@H]5CO)C3. The van der Waals surface area contributed by atoms with Gasteiger partial charge in [0.25, 0.3) is 0 Å². The Kier molecular flexibility index (Phi) is 6.79. The molecule has 13 atom stereocenters. The molecule has 44 heavy (non-hydrogen) atoms. The highest BCUT2D eigenvalue weighted by molar-refractivity contribution is 5.90. The van der Waals surface area contributed by atoms with Crippen LogP contribution in [-0.4, -0.2) is 23.7 Å². The first-order chi connectivity index (χ1) is 20.8. The Morgan fingerprint density at radius 3 is 1.93 bits per heavy atom. The van der Waals surface area contributed by atoms with Crippen molar-refractivity contribution < 1.29 is 19.4 Å². The van der Waals surface area contributed by atoms with Crippen molar-refractivity contribution in [2.24, 2.45) is 79.8 Å². The molecular formula is C40H62O4. The molecule has 0 saturated heterocycles. The van der Waals surface area contributed by atoms with Crippen molar-refractivity contribution in [3.05, 3.63) is 0 Å². The van der Waals surface area contributed by atoms with Crippen LogP contribution in [0.2, 0.25) is 0 Å². The van der Waals surface area contributed by atoms with Gasteiger partial charge in [-0.3, -0.25) is 9.59 Å². The number of aliphatic hydroxyl groups excluding tert-OH is 1. The highest BCUT2D eigenvalue weighted by Crippen LogP contribution is 2.74. The Balaban J connectivity index is 0.994. The zero-order chi connectivity index (χ0) is 30.9.